The third-order valence-corrected chi connectivity index (χ3v) is 7.93. The fourth-order valence-corrected chi connectivity index (χ4v) is 6.22. The minimum atomic E-state index is 0.498. The van der Waals surface area contributed by atoms with Gasteiger partial charge in [-0.1, -0.05) is 48.5 Å². The van der Waals surface area contributed by atoms with Crippen molar-refractivity contribution >= 4 is 53.3 Å². The highest BCUT2D eigenvalue weighted by Crippen LogP contribution is 2.43. The van der Waals surface area contributed by atoms with Crippen molar-refractivity contribution in [2.24, 2.45) is 0 Å². The highest BCUT2D eigenvalue weighted by Gasteiger charge is 2.17. The summed E-state index contributed by atoms with van der Waals surface area (Å²) in [5.41, 5.74) is 6.23. The van der Waals surface area contributed by atoms with Gasteiger partial charge in [0.1, 0.15) is 0 Å². The van der Waals surface area contributed by atoms with Gasteiger partial charge < -0.3 is 0 Å². The summed E-state index contributed by atoms with van der Waals surface area (Å²) in [5, 5.41) is 23.9. The fourth-order valence-electron chi connectivity index (χ4n) is 5.11. The number of fused-ring (bicyclic) bond motifs is 6. The zero-order chi connectivity index (χ0) is 24.9. The van der Waals surface area contributed by atoms with Gasteiger partial charge in [0.2, 0.25) is 0 Å². The van der Waals surface area contributed by atoms with Crippen molar-refractivity contribution < 1.29 is 0 Å². The van der Waals surface area contributed by atoms with Crippen LogP contribution in [-0.4, -0.2) is 9.97 Å². The lowest BCUT2D eigenvalue weighted by atomic mass is 9.92. The van der Waals surface area contributed by atoms with Crippen LogP contribution in [-0.2, 0) is 0 Å². The molecule has 5 heteroatoms. The van der Waals surface area contributed by atoms with Crippen LogP contribution in [0.3, 0.4) is 0 Å². The maximum atomic E-state index is 9.82. The van der Waals surface area contributed by atoms with E-state index in [1.807, 2.05) is 24.3 Å². The molecule has 0 unspecified atom stereocenters. The van der Waals surface area contributed by atoms with Crippen molar-refractivity contribution in [2.75, 3.05) is 0 Å². The third-order valence-electron chi connectivity index (χ3n) is 6.80. The molecule has 4 nitrogen and oxygen atoms in total. The molecule has 0 atom stereocenters. The normalized spacial score (nSPS) is 11.2. The van der Waals surface area contributed by atoms with Gasteiger partial charge in [-0.3, -0.25) is 4.98 Å². The van der Waals surface area contributed by atoms with E-state index >= 15 is 0 Å². The average Bonchev–Trinajstić information content (AvgIpc) is 3.34. The van der Waals surface area contributed by atoms with Gasteiger partial charge in [0, 0.05) is 48.3 Å². The van der Waals surface area contributed by atoms with Crippen molar-refractivity contribution in [3.05, 3.63) is 108 Å². The number of nitriles is 2. The second kappa shape index (κ2) is 8.24. The Labute approximate surface area is 216 Å². The molecule has 37 heavy (non-hydrogen) atoms. The summed E-state index contributed by atoms with van der Waals surface area (Å²) in [6, 6.07) is 34.6. The van der Waals surface area contributed by atoms with Crippen LogP contribution in [0.25, 0.3) is 64.4 Å². The molecular weight excluding hydrogens is 472 g/mol. The molecule has 0 aliphatic heterocycles. The summed E-state index contributed by atoms with van der Waals surface area (Å²) < 4.78 is 2.26. The second-order valence-corrected chi connectivity index (χ2v) is 9.94. The zero-order valence-electron chi connectivity index (χ0n) is 19.4. The quantitative estimate of drug-likeness (QED) is 0.230. The first kappa shape index (κ1) is 21.2. The van der Waals surface area contributed by atoms with Gasteiger partial charge >= 0.3 is 0 Å². The third kappa shape index (κ3) is 3.27. The number of hydrogen-bond donors (Lipinski definition) is 0. The summed E-state index contributed by atoms with van der Waals surface area (Å²) in [6.07, 6.45) is 1.80. The van der Waals surface area contributed by atoms with E-state index < -0.39 is 0 Å². The molecule has 0 bridgehead atoms. The maximum absolute atomic E-state index is 9.82. The van der Waals surface area contributed by atoms with Crippen LogP contribution in [0.4, 0.5) is 0 Å². The Kier molecular flexibility index (Phi) is 4.72. The van der Waals surface area contributed by atoms with E-state index in [9.17, 15) is 10.5 Å². The standard InChI is InChI=1S/C32H16N4S/c33-17-22-4-1-5-23(18-34)29(22)24-7-2-8-28-30(24)25-16-21(12-14-27(25)37-28)26-13-11-20-10-9-19-6-3-15-35-31(19)32(20)36-26/h1-16H. The van der Waals surface area contributed by atoms with E-state index in [0.717, 1.165) is 58.8 Å². The van der Waals surface area contributed by atoms with Crippen molar-refractivity contribution in [3.63, 3.8) is 0 Å². The number of benzene rings is 4. The van der Waals surface area contributed by atoms with Gasteiger partial charge in [0.15, 0.2) is 0 Å². The lowest BCUT2D eigenvalue weighted by Crippen LogP contribution is -1.91. The summed E-state index contributed by atoms with van der Waals surface area (Å²) in [7, 11) is 0. The molecule has 0 aliphatic rings. The van der Waals surface area contributed by atoms with Gasteiger partial charge in [0.25, 0.3) is 0 Å². The molecule has 7 rings (SSSR count). The molecule has 3 aromatic heterocycles. The Bertz CT molecular complexity index is 2090. The van der Waals surface area contributed by atoms with Crippen molar-refractivity contribution in [1.82, 2.24) is 9.97 Å². The van der Waals surface area contributed by atoms with Crippen LogP contribution in [0.15, 0.2) is 97.2 Å². The van der Waals surface area contributed by atoms with Crippen LogP contribution in [0, 0.1) is 22.7 Å². The Morgan fingerprint density at radius 2 is 1.43 bits per heavy atom. The number of thiophene rings is 1. The molecule has 0 saturated heterocycles. The van der Waals surface area contributed by atoms with E-state index in [4.69, 9.17) is 4.98 Å². The molecule has 4 aromatic carbocycles. The SMILES string of the molecule is N#Cc1cccc(C#N)c1-c1cccc2sc3ccc(-c4ccc5ccc6cccnc6c5n4)cc3c12. The van der Waals surface area contributed by atoms with E-state index in [1.54, 1.807) is 35.7 Å². The van der Waals surface area contributed by atoms with Gasteiger partial charge in [-0.2, -0.15) is 10.5 Å². The first-order valence-corrected chi connectivity index (χ1v) is 12.6. The van der Waals surface area contributed by atoms with Crippen LogP contribution < -0.4 is 0 Å². The molecule has 0 saturated carbocycles. The minimum Gasteiger partial charge on any atom is -0.254 e. The zero-order valence-corrected chi connectivity index (χ0v) is 20.3. The molecule has 7 aromatic rings. The van der Waals surface area contributed by atoms with Crippen molar-refractivity contribution in [3.8, 4) is 34.5 Å². The summed E-state index contributed by atoms with van der Waals surface area (Å²) in [5.74, 6) is 0. The molecule has 0 amide bonds. The Morgan fingerprint density at radius 3 is 2.24 bits per heavy atom. The molecule has 0 spiro atoms. The summed E-state index contributed by atoms with van der Waals surface area (Å²) in [6.45, 7) is 0. The number of aromatic nitrogens is 2. The first-order valence-electron chi connectivity index (χ1n) is 11.8. The molecule has 0 fully saturated rings. The highest BCUT2D eigenvalue weighted by atomic mass is 32.1. The molecular formula is C32H16N4S. The number of pyridine rings is 2. The van der Waals surface area contributed by atoms with Gasteiger partial charge in [0.05, 0.1) is 40.0 Å². The number of hydrogen-bond acceptors (Lipinski definition) is 5. The monoisotopic (exact) mass is 488 g/mol. The fraction of sp³-hybridized carbons (Fsp3) is 0. The largest absolute Gasteiger partial charge is 0.254 e. The van der Waals surface area contributed by atoms with E-state index in [-0.39, 0.29) is 0 Å². The molecule has 3 heterocycles. The molecule has 170 valence electrons. The van der Waals surface area contributed by atoms with E-state index in [1.165, 1.54) is 0 Å². The van der Waals surface area contributed by atoms with Gasteiger partial charge in [-0.15, -0.1) is 11.3 Å². The summed E-state index contributed by atoms with van der Waals surface area (Å²) in [4.78, 5) is 9.63. The highest BCUT2D eigenvalue weighted by molar-refractivity contribution is 7.26. The van der Waals surface area contributed by atoms with Crippen LogP contribution in [0.2, 0.25) is 0 Å². The van der Waals surface area contributed by atoms with E-state index in [2.05, 4.69) is 65.7 Å². The summed E-state index contributed by atoms with van der Waals surface area (Å²) >= 11 is 1.71. The predicted octanol–water partition coefficient (Wildman–Crippen LogP) is 8.23. The average molecular weight is 489 g/mol. The maximum Gasteiger partial charge on any atom is 0.0998 e. The smallest absolute Gasteiger partial charge is 0.0998 e. The number of nitrogens with zero attached hydrogens (tertiary/aromatic N) is 4. The Balaban J connectivity index is 1.50. The van der Waals surface area contributed by atoms with E-state index in [0.29, 0.717) is 16.7 Å². The lowest BCUT2D eigenvalue weighted by Gasteiger charge is -2.10. The molecule has 0 N–H and O–H groups in total. The van der Waals surface area contributed by atoms with Gasteiger partial charge in [-0.25, -0.2) is 4.98 Å². The Morgan fingerprint density at radius 1 is 0.676 bits per heavy atom. The molecule has 0 aliphatic carbocycles. The van der Waals surface area contributed by atoms with Crippen molar-refractivity contribution in [1.29, 1.82) is 10.5 Å². The molecule has 0 radical (unpaired) electrons. The number of rotatable bonds is 2. The van der Waals surface area contributed by atoms with Gasteiger partial charge in [-0.05, 0) is 48.0 Å². The van der Waals surface area contributed by atoms with Crippen LogP contribution in [0.5, 0.6) is 0 Å². The van der Waals surface area contributed by atoms with Crippen molar-refractivity contribution in [2.45, 2.75) is 0 Å². The second-order valence-electron chi connectivity index (χ2n) is 8.85. The first-order chi connectivity index (χ1) is 18.2. The predicted molar refractivity (Wildman–Crippen MR) is 150 cm³/mol. The lowest BCUT2D eigenvalue weighted by molar-refractivity contribution is 1.37. The van der Waals surface area contributed by atoms with Crippen LogP contribution >= 0.6 is 11.3 Å². The minimum absolute atomic E-state index is 0.498. The Hall–Kier alpha value is -5.10. The van der Waals surface area contributed by atoms with Crippen LogP contribution in [0.1, 0.15) is 11.1 Å². The topological polar surface area (TPSA) is 73.4 Å².